The Labute approximate surface area is 126 Å². The zero-order valence-electron chi connectivity index (χ0n) is 12.8. The number of ether oxygens (including phenoxy) is 2. The molecule has 0 fully saturated rings. The SMILES string of the molecule is CNC(C)c1cccnc1Oc1ccc(CCOC)cc1. The average molecular weight is 286 g/mol. The number of hydrogen-bond acceptors (Lipinski definition) is 4. The minimum atomic E-state index is 0.190. The van der Waals surface area contributed by atoms with Crippen molar-refractivity contribution in [2.45, 2.75) is 19.4 Å². The summed E-state index contributed by atoms with van der Waals surface area (Å²) in [5, 5.41) is 3.21. The van der Waals surface area contributed by atoms with Crippen LogP contribution < -0.4 is 10.1 Å². The molecule has 21 heavy (non-hydrogen) atoms. The van der Waals surface area contributed by atoms with Crippen LogP contribution in [-0.4, -0.2) is 25.7 Å². The van der Waals surface area contributed by atoms with Crippen LogP contribution in [0.4, 0.5) is 0 Å². The number of rotatable bonds is 7. The summed E-state index contributed by atoms with van der Waals surface area (Å²) in [5.74, 6) is 1.43. The van der Waals surface area contributed by atoms with E-state index in [2.05, 4.69) is 29.4 Å². The summed E-state index contributed by atoms with van der Waals surface area (Å²) in [6.07, 6.45) is 2.65. The van der Waals surface area contributed by atoms with Crippen LogP contribution in [0.5, 0.6) is 11.6 Å². The lowest BCUT2D eigenvalue weighted by Gasteiger charge is -2.15. The van der Waals surface area contributed by atoms with Gasteiger partial charge in [0.2, 0.25) is 5.88 Å². The predicted molar refractivity (Wildman–Crippen MR) is 83.8 cm³/mol. The van der Waals surface area contributed by atoms with E-state index in [4.69, 9.17) is 9.47 Å². The molecule has 1 aromatic heterocycles. The van der Waals surface area contributed by atoms with E-state index in [9.17, 15) is 0 Å². The Morgan fingerprint density at radius 2 is 1.95 bits per heavy atom. The zero-order chi connectivity index (χ0) is 15.1. The smallest absolute Gasteiger partial charge is 0.223 e. The zero-order valence-corrected chi connectivity index (χ0v) is 12.8. The minimum absolute atomic E-state index is 0.190. The van der Waals surface area contributed by atoms with Crippen LogP contribution in [0.1, 0.15) is 24.1 Å². The first-order valence-electron chi connectivity index (χ1n) is 7.12. The van der Waals surface area contributed by atoms with Gasteiger partial charge in [0.15, 0.2) is 0 Å². The first-order chi connectivity index (χ1) is 10.2. The molecule has 2 rings (SSSR count). The van der Waals surface area contributed by atoms with E-state index in [0.29, 0.717) is 5.88 Å². The van der Waals surface area contributed by atoms with Gasteiger partial charge in [-0.1, -0.05) is 18.2 Å². The van der Waals surface area contributed by atoms with Gasteiger partial charge in [0.05, 0.1) is 6.61 Å². The molecule has 2 aromatic rings. The maximum absolute atomic E-state index is 5.91. The molecule has 4 nitrogen and oxygen atoms in total. The van der Waals surface area contributed by atoms with E-state index in [0.717, 1.165) is 24.3 Å². The number of nitrogens with zero attached hydrogens (tertiary/aromatic N) is 1. The lowest BCUT2D eigenvalue weighted by atomic mass is 10.1. The lowest BCUT2D eigenvalue weighted by molar-refractivity contribution is 0.202. The van der Waals surface area contributed by atoms with Gasteiger partial charge in [0.1, 0.15) is 5.75 Å². The monoisotopic (exact) mass is 286 g/mol. The second-order valence-corrected chi connectivity index (χ2v) is 4.90. The summed E-state index contributed by atoms with van der Waals surface area (Å²) in [7, 11) is 3.63. The van der Waals surface area contributed by atoms with Crippen LogP contribution in [0.15, 0.2) is 42.6 Å². The van der Waals surface area contributed by atoms with E-state index in [-0.39, 0.29) is 6.04 Å². The number of methoxy groups -OCH3 is 1. The molecule has 1 atom stereocenters. The van der Waals surface area contributed by atoms with E-state index >= 15 is 0 Å². The topological polar surface area (TPSA) is 43.4 Å². The third-order valence-corrected chi connectivity index (χ3v) is 3.43. The molecule has 0 radical (unpaired) electrons. The summed E-state index contributed by atoms with van der Waals surface area (Å²) in [6.45, 7) is 2.81. The fraction of sp³-hybridized carbons (Fsp3) is 0.353. The lowest BCUT2D eigenvalue weighted by Crippen LogP contribution is -2.13. The number of hydrogen-bond donors (Lipinski definition) is 1. The molecule has 1 N–H and O–H groups in total. The molecule has 0 bridgehead atoms. The van der Waals surface area contributed by atoms with E-state index in [1.807, 2.05) is 31.3 Å². The van der Waals surface area contributed by atoms with Crippen molar-refractivity contribution in [1.82, 2.24) is 10.3 Å². The normalized spacial score (nSPS) is 12.1. The van der Waals surface area contributed by atoms with E-state index < -0.39 is 0 Å². The van der Waals surface area contributed by atoms with Gasteiger partial charge in [-0.25, -0.2) is 4.98 Å². The third-order valence-electron chi connectivity index (χ3n) is 3.43. The highest BCUT2D eigenvalue weighted by atomic mass is 16.5. The highest BCUT2D eigenvalue weighted by Gasteiger charge is 2.11. The Kier molecular flexibility index (Phi) is 5.72. The first-order valence-corrected chi connectivity index (χ1v) is 7.12. The molecule has 0 spiro atoms. The quantitative estimate of drug-likeness (QED) is 0.847. The molecule has 1 aromatic carbocycles. The van der Waals surface area contributed by atoms with Gasteiger partial charge >= 0.3 is 0 Å². The van der Waals surface area contributed by atoms with Gasteiger partial charge < -0.3 is 14.8 Å². The van der Waals surface area contributed by atoms with Gasteiger partial charge in [-0.2, -0.15) is 0 Å². The van der Waals surface area contributed by atoms with Crippen molar-refractivity contribution < 1.29 is 9.47 Å². The van der Waals surface area contributed by atoms with Gasteiger partial charge in [0, 0.05) is 24.9 Å². The molecule has 0 aliphatic heterocycles. The number of benzene rings is 1. The molecule has 0 saturated carbocycles. The van der Waals surface area contributed by atoms with Crippen LogP contribution in [0.2, 0.25) is 0 Å². The Balaban J connectivity index is 2.11. The van der Waals surface area contributed by atoms with Crippen LogP contribution in [0, 0.1) is 0 Å². The second-order valence-electron chi connectivity index (χ2n) is 4.90. The molecule has 0 aliphatic carbocycles. The third kappa shape index (κ3) is 4.28. The fourth-order valence-corrected chi connectivity index (χ4v) is 2.03. The van der Waals surface area contributed by atoms with Crippen molar-refractivity contribution in [2.75, 3.05) is 20.8 Å². The number of pyridine rings is 1. The molecule has 0 saturated heterocycles. The standard InChI is InChI=1S/C17H22N2O2/c1-13(18-2)16-5-4-11-19-17(16)21-15-8-6-14(7-9-15)10-12-20-3/h4-9,11,13,18H,10,12H2,1-3H3. The summed E-state index contributed by atoms with van der Waals surface area (Å²) >= 11 is 0. The Bertz CT molecular complexity index is 555. The van der Waals surface area contributed by atoms with Gasteiger partial charge in [-0.15, -0.1) is 0 Å². The highest BCUT2D eigenvalue weighted by Crippen LogP contribution is 2.27. The van der Waals surface area contributed by atoms with E-state index in [1.165, 1.54) is 5.56 Å². The molecule has 0 amide bonds. The molecular formula is C17H22N2O2. The van der Waals surface area contributed by atoms with Crippen molar-refractivity contribution >= 4 is 0 Å². The fourth-order valence-electron chi connectivity index (χ4n) is 2.03. The van der Waals surface area contributed by atoms with Crippen LogP contribution in [0.25, 0.3) is 0 Å². The number of aromatic nitrogens is 1. The molecule has 1 unspecified atom stereocenters. The Hall–Kier alpha value is -1.91. The second kappa shape index (κ2) is 7.76. The van der Waals surface area contributed by atoms with E-state index in [1.54, 1.807) is 13.3 Å². The van der Waals surface area contributed by atoms with Crippen molar-refractivity contribution in [1.29, 1.82) is 0 Å². The number of nitrogens with one attached hydrogen (secondary N) is 1. The van der Waals surface area contributed by atoms with Crippen molar-refractivity contribution in [3.8, 4) is 11.6 Å². The summed E-state index contributed by atoms with van der Waals surface area (Å²) in [4.78, 5) is 4.33. The molecule has 1 heterocycles. The van der Waals surface area contributed by atoms with Gasteiger partial charge in [-0.3, -0.25) is 0 Å². The summed E-state index contributed by atoms with van der Waals surface area (Å²) in [6, 6.07) is 12.2. The molecule has 112 valence electrons. The average Bonchev–Trinajstić information content (AvgIpc) is 2.54. The van der Waals surface area contributed by atoms with Crippen molar-refractivity contribution in [3.63, 3.8) is 0 Å². The maximum atomic E-state index is 5.91. The minimum Gasteiger partial charge on any atom is -0.439 e. The molecule has 4 heteroatoms. The molecule has 0 aliphatic rings. The van der Waals surface area contributed by atoms with Crippen LogP contribution in [-0.2, 0) is 11.2 Å². The Morgan fingerprint density at radius 1 is 1.19 bits per heavy atom. The van der Waals surface area contributed by atoms with Gasteiger partial charge in [-0.05, 0) is 44.2 Å². The van der Waals surface area contributed by atoms with Crippen molar-refractivity contribution in [2.24, 2.45) is 0 Å². The molecular weight excluding hydrogens is 264 g/mol. The van der Waals surface area contributed by atoms with Gasteiger partial charge in [0.25, 0.3) is 0 Å². The van der Waals surface area contributed by atoms with Crippen LogP contribution in [0.3, 0.4) is 0 Å². The first kappa shape index (κ1) is 15.5. The Morgan fingerprint density at radius 3 is 2.62 bits per heavy atom. The summed E-state index contributed by atoms with van der Waals surface area (Å²) < 4.78 is 11.0. The van der Waals surface area contributed by atoms with Crippen molar-refractivity contribution in [3.05, 3.63) is 53.7 Å². The largest absolute Gasteiger partial charge is 0.439 e. The van der Waals surface area contributed by atoms with Crippen LogP contribution >= 0.6 is 0 Å². The maximum Gasteiger partial charge on any atom is 0.223 e. The summed E-state index contributed by atoms with van der Waals surface area (Å²) in [5.41, 5.74) is 2.28. The predicted octanol–water partition coefficient (Wildman–Crippen LogP) is 3.34. The highest BCUT2D eigenvalue weighted by molar-refractivity contribution is 5.35.